The van der Waals surface area contributed by atoms with E-state index in [1.807, 2.05) is 31.2 Å². The molecule has 3 aromatic rings. The van der Waals surface area contributed by atoms with Gasteiger partial charge in [-0.2, -0.15) is 9.97 Å². The molecule has 0 spiro atoms. The second-order valence-corrected chi connectivity index (χ2v) is 5.87. The van der Waals surface area contributed by atoms with Crippen LogP contribution in [0.3, 0.4) is 0 Å². The van der Waals surface area contributed by atoms with E-state index in [0.29, 0.717) is 23.7 Å². The van der Waals surface area contributed by atoms with Crippen molar-refractivity contribution in [1.82, 2.24) is 19.9 Å². The van der Waals surface area contributed by atoms with Gasteiger partial charge in [0.2, 0.25) is 17.7 Å². The molecule has 0 aliphatic heterocycles. The highest BCUT2D eigenvalue weighted by molar-refractivity contribution is 5.91. The number of rotatable bonds is 5. The first kappa shape index (κ1) is 15.9. The molecule has 0 saturated heterocycles. The van der Waals surface area contributed by atoms with Crippen LogP contribution in [0.1, 0.15) is 25.0 Å². The smallest absolute Gasteiger partial charge is 0.245 e. The van der Waals surface area contributed by atoms with Crippen molar-refractivity contribution in [1.29, 1.82) is 0 Å². The zero-order valence-electron chi connectivity index (χ0n) is 13.8. The van der Waals surface area contributed by atoms with E-state index in [4.69, 9.17) is 4.74 Å². The van der Waals surface area contributed by atoms with E-state index in [1.165, 1.54) is 11.9 Å². The molecule has 0 radical (unpaired) electrons. The van der Waals surface area contributed by atoms with Gasteiger partial charge in [0.25, 0.3) is 0 Å². The van der Waals surface area contributed by atoms with E-state index < -0.39 is 0 Å². The minimum atomic E-state index is -0.166. The fourth-order valence-corrected chi connectivity index (χ4v) is 2.06. The van der Waals surface area contributed by atoms with Crippen molar-refractivity contribution in [2.24, 2.45) is 5.92 Å². The van der Waals surface area contributed by atoms with E-state index in [0.717, 1.165) is 5.56 Å². The average Bonchev–Trinajstić information content (AvgIpc) is 3.02. The number of hydrogen-bond acceptors (Lipinski definition) is 5. The lowest BCUT2D eigenvalue weighted by Crippen LogP contribution is -2.19. The zero-order valence-corrected chi connectivity index (χ0v) is 13.8. The Morgan fingerprint density at radius 3 is 2.71 bits per heavy atom. The number of aromatic amines is 1. The number of H-pyrrole nitrogens is 1. The second-order valence-electron chi connectivity index (χ2n) is 5.87. The van der Waals surface area contributed by atoms with Crippen LogP contribution >= 0.6 is 0 Å². The van der Waals surface area contributed by atoms with Crippen LogP contribution in [-0.2, 0) is 11.4 Å². The number of carbonyl (C=O) groups is 1. The molecule has 2 N–H and O–H groups in total. The van der Waals surface area contributed by atoms with Crippen LogP contribution in [0.5, 0.6) is 5.88 Å². The summed E-state index contributed by atoms with van der Waals surface area (Å²) in [5.41, 5.74) is 3.27. The highest BCUT2D eigenvalue weighted by atomic mass is 16.5. The van der Waals surface area contributed by atoms with Crippen LogP contribution in [0.4, 0.5) is 5.95 Å². The van der Waals surface area contributed by atoms with E-state index in [9.17, 15) is 4.79 Å². The summed E-state index contributed by atoms with van der Waals surface area (Å²) in [6, 6.07) is 8.06. The molecule has 2 heterocycles. The third-order valence-electron chi connectivity index (χ3n) is 3.51. The first-order valence-corrected chi connectivity index (χ1v) is 7.73. The third kappa shape index (κ3) is 3.51. The maximum atomic E-state index is 11.8. The van der Waals surface area contributed by atoms with Crippen LogP contribution in [-0.4, -0.2) is 25.8 Å². The highest BCUT2D eigenvalue weighted by Crippen LogP contribution is 2.22. The number of carbonyl (C=O) groups excluding carboxylic acids is 1. The summed E-state index contributed by atoms with van der Waals surface area (Å²) >= 11 is 0. The molecule has 1 amide bonds. The fraction of sp³-hybridized carbons (Fsp3) is 0.294. The Balaban J connectivity index is 1.84. The summed E-state index contributed by atoms with van der Waals surface area (Å²) in [5, 5.41) is 2.67. The van der Waals surface area contributed by atoms with E-state index in [-0.39, 0.29) is 17.8 Å². The Morgan fingerprint density at radius 2 is 2.00 bits per heavy atom. The van der Waals surface area contributed by atoms with Gasteiger partial charge in [-0.15, -0.1) is 0 Å². The van der Waals surface area contributed by atoms with Crippen LogP contribution in [0.25, 0.3) is 11.2 Å². The van der Waals surface area contributed by atoms with Gasteiger partial charge in [0.15, 0.2) is 5.65 Å². The van der Waals surface area contributed by atoms with Gasteiger partial charge in [0, 0.05) is 5.92 Å². The standard InChI is InChI=1S/C17H19N5O2/c1-10(2)15(23)21-17-20-14-13(18-9-19-14)16(22-17)24-8-12-6-4-11(3)5-7-12/h4-7,9-10H,8H2,1-3H3,(H2,18,19,20,21,22,23). The van der Waals surface area contributed by atoms with Gasteiger partial charge in [-0.3, -0.25) is 10.1 Å². The minimum absolute atomic E-state index is 0.158. The topological polar surface area (TPSA) is 92.8 Å². The largest absolute Gasteiger partial charge is 0.471 e. The molecule has 0 unspecified atom stereocenters. The summed E-state index contributed by atoms with van der Waals surface area (Å²) in [6.45, 7) is 6.00. The number of amides is 1. The normalized spacial score (nSPS) is 11.0. The average molecular weight is 325 g/mol. The lowest BCUT2D eigenvalue weighted by Gasteiger charge is -2.10. The van der Waals surface area contributed by atoms with Crippen LogP contribution in [0.2, 0.25) is 0 Å². The number of imidazole rings is 1. The summed E-state index contributed by atoms with van der Waals surface area (Å²) in [6.07, 6.45) is 1.52. The van der Waals surface area contributed by atoms with Crippen molar-refractivity contribution < 1.29 is 9.53 Å². The Hall–Kier alpha value is -2.96. The van der Waals surface area contributed by atoms with Crippen LogP contribution in [0.15, 0.2) is 30.6 Å². The summed E-state index contributed by atoms with van der Waals surface area (Å²) in [7, 11) is 0. The zero-order chi connectivity index (χ0) is 17.1. The van der Waals surface area contributed by atoms with Gasteiger partial charge in [-0.25, -0.2) is 4.98 Å². The Bertz CT molecular complexity index is 855. The van der Waals surface area contributed by atoms with Crippen molar-refractivity contribution in [3.05, 3.63) is 41.7 Å². The molecule has 0 fully saturated rings. The molecule has 0 aliphatic rings. The van der Waals surface area contributed by atoms with Crippen molar-refractivity contribution in [2.45, 2.75) is 27.4 Å². The van der Waals surface area contributed by atoms with Crippen molar-refractivity contribution >= 4 is 23.0 Å². The van der Waals surface area contributed by atoms with Gasteiger partial charge < -0.3 is 9.72 Å². The van der Waals surface area contributed by atoms with Gasteiger partial charge >= 0.3 is 0 Å². The van der Waals surface area contributed by atoms with Gasteiger partial charge in [0.05, 0.1) is 6.33 Å². The third-order valence-corrected chi connectivity index (χ3v) is 3.51. The number of ether oxygens (including phenoxy) is 1. The SMILES string of the molecule is Cc1ccc(COc2nc(NC(=O)C(C)C)nc3nc[nH]c23)cc1. The van der Waals surface area contributed by atoms with Gasteiger partial charge in [-0.1, -0.05) is 43.7 Å². The molecule has 7 heteroatoms. The molecule has 0 bridgehead atoms. The monoisotopic (exact) mass is 325 g/mol. The summed E-state index contributed by atoms with van der Waals surface area (Å²) < 4.78 is 5.81. The minimum Gasteiger partial charge on any atom is -0.471 e. The van der Waals surface area contributed by atoms with E-state index in [2.05, 4.69) is 25.3 Å². The van der Waals surface area contributed by atoms with Crippen LogP contribution < -0.4 is 10.1 Å². The molecule has 0 saturated carbocycles. The van der Waals surface area contributed by atoms with Crippen LogP contribution in [0, 0.1) is 12.8 Å². The highest BCUT2D eigenvalue weighted by Gasteiger charge is 2.14. The summed E-state index contributed by atoms with van der Waals surface area (Å²) in [4.78, 5) is 27.4. The molecule has 0 atom stereocenters. The number of hydrogen-bond donors (Lipinski definition) is 2. The lowest BCUT2D eigenvalue weighted by molar-refractivity contribution is -0.118. The molecule has 1 aromatic carbocycles. The number of aromatic nitrogens is 4. The molecule has 24 heavy (non-hydrogen) atoms. The van der Waals surface area contributed by atoms with E-state index >= 15 is 0 Å². The summed E-state index contributed by atoms with van der Waals surface area (Å²) in [5.74, 6) is 0.221. The Labute approximate surface area is 139 Å². The second kappa shape index (κ2) is 6.66. The predicted octanol–water partition coefficient (Wildman–Crippen LogP) is 2.83. The maximum absolute atomic E-state index is 11.8. The lowest BCUT2D eigenvalue weighted by atomic mass is 10.2. The number of nitrogens with one attached hydrogen (secondary N) is 2. The fourth-order valence-electron chi connectivity index (χ4n) is 2.06. The number of fused-ring (bicyclic) bond motifs is 1. The quantitative estimate of drug-likeness (QED) is 0.752. The first-order chi connectivity index (χ1) is 11.5. The number of aryl methyl sites for hydroxylation is 1. The maximum Gasteiger partial charge on any atom is 0.245 e. The number of benzene rings is 1. The van der Waals surface area contributed by atoms with Crippen molar-refractivity contribution in [2.75, 3.05) is 5.32 Å². The van der Waals surface area contributed by atoms with Crippen molar-refractivity contribution in [3.8, 4) is 5.88 Å². The molecule has 124 valence electrons. The predicted molar refractivity (Wildman–Crippen MR) is 90.7 cm³/mol. The molecular weight excluding hydrogens is 306 g/mol. The first-order valence-electron chi connectivity index (χ1n) is 7.73. The van der Waals surface area contributed by atoms with Gasteiger partial charge in [0.1, 0.15) is 12.1 Å². The molecule has 2 aromatic heterocycles. The molecule has 3 rings (SSSR count). The van der Waals surface area contributed by atoms with Gasteiger partial charge in [-0.05, 0) is 12.5 Å². The number of nitrogens with zero attached hydrogens (tertiary/aromatic N) is 3. The van der Waals surface area contributed by atoms with E-state index in [1.54, 1.807) is 13.8 Å². The Morgan fingerprint density at radius 1 is 1.25 bits per heavy atom. The Kier molecular flexibility index (Phi) is 4.41. The molecule has 7 nitrogen and oxygen atoms in total. The molecule has 0 aliphatic carbocycles. The molecular formula is C17H19N5O2. The number of anilines is 1. The van der Waals surface area contributed by atoms with Crippen molar-refractivity contribution in [3.63, 3.8) is 0 Å².